The van der Waals surface area contributed by atoms with Crippen LogP contribution in [0.3, 0.4) is 0 Å². The van der Waals surface area contributed by atoms with E-state index < -0.39 is 6.61 Å². The first-order valence-electron chi connectivity index (χ1n) is 5.83. The van der Waals surface area contributed by atoms with Gasteiger partial charge in [0.05, 0.1) is 0 Å². The lowest BCUT2D eigenvalue weighted by Gasteiger charge is -2.27. The molecule has 0 aliphatic heterocycles. The fraction of sp³-hybridized carbons (Fsp3) is 0.462. The van der Waals surface area contributed by atoms with Crippen molar-refractivity contribution in [3.63, 3.8) is 0 Å². The van der Waals surface area contributed by atoms with Crippen LogP contribution in [0.15, 0.2) is 24.3 Å². The standard InChI is InChI=1S/C13H16BrF2NO2/c1-3-13(2,8-14)17-11(18)9-5-4-6-10(7-9)19-12(15)16/h4-7,12H,3,8H2,1-2H3,(H,17,18). The number of hydrogen-bond acceptors (Lipinski definition) is 2. The molecule has 0 aromatic heterocycles. The van der Waals surface area contributed by atoms with Crippen molar-refractivity contribution < 1.29 is 18.3 Å². The largest absolute Gasteiger partial charge is 0.435 e. The molecule has 1 N–H and O–H groups in total. The highest BCUT2D eigenvalue weighted by Gasteiger charge is 2.23. The molecule has 0 heterocycles. The van der Waals surface area contributed by atoms with E-state index in [1.165, 1.54) is 18.2 Å². The number of carbonyl (C=O) groups is 1. The maximum absolute atomic E-state index is 12.1. The molecular weight excluding hydrogens is 320 g/mol. The molecular formula is C13H16BrF2NO2. The Balaban J connectivity index is 2.82. The summed E-state index contributed by atoms with van der Waals surface area (Å²) in [6.45, 7) is 0.957. The van der Waals surface area contributed by atoms with Crippen LogP contribution < -0.4 is 10.1 Å². The second-order valence-electron chi connectivity index (χ2n) is 4.41. The number of ether oxygens (including phenoxy) is 1. The molecule has 1 rings (SSSR count). The molecule has 0 bridgehead atoms. The molecule has 0 saturated carbocycles. The first-order valence-corrected chi connectivity index (χ1v) is 6.95. The van der Waals surface area contributed by atoms with Gasteiger partial charge in [0.2, 0.25) is 0 Å². The monoisotopic (exact) mass is 335 g/mol. The van der Waals surface area contributed by atoms with Gasteiger partial charge in [-0.1, -0.05) is 28.9 Å². The van der Waals surface area contributed by atoms with Gasteiger partial charge in [-0.15, -0.1) is 0 Å². The van der Waals surface area contributed by atoms with E-state index in [-0.39, 0.29) is 17.2 Å². The summed E-state index contributed by atoms with van der Waals surface area (Å²) in [5.41, 5.74) is -0.0878. The Morgan fingerprint density at radius 1 is 1.53 bits per heavy atom. The van der Waals surface area contributed by atoms with E-state index in [4.69, 9.17) is 0 Å². The van der Waals surface area contributed by atoms with Crippen molar-refractivity contribution in [2.24, 2.45) is 0 Å². The average Bonchev–Trinajstić information content (AvgIpc) is 2.38. The van der Waals surface area contributed by atoms with Crippen molar-refractivity contribution in [2.45, 2.75) is 32.4 Å². The van der Waals surface area contributed by atoms with Gasteiger partial charge >= 0.3 is 6.61 Å². The lowest BCUT2D eigenvalue weighted by molar-refractivity contribution is -0.0498. The predicted molar refractivity (Wildman–Crippen MR) is 73.0 cm³/mol. The van der Waals surface area contributed by atoms with Crippen molar-refractivity contribution in [3.8, 4) is 5.75 Å². The van der Waals surface area contributed by atoms with E-state index in [1.807, 2.05) is 13.8 Å². The molecule has 1 aromatic carbocycles. The number of nitrogens with one attached hydrogen (secondary N) is 1. The van der Waals surface area contributed by atoms with Crippen LogP contribution in [0.4, 0.5) is 8.78 Å². The molecule has 1 atom stereocenters. The van der Waals surface area contributed by atoms with Gasteiger partial charge in [-0.05, 0) is 31.5 Å². The molecule has 19 heavy (non-hydrogen) atoms. The second kappa shape index (κ2) is 6.84. The summed E-state index contributed by atoms with van der Waals surface area (Å²) in [5, 5.41) is 3.47. The molecule has 0 spiro atoms. The number of amides is 1. The Kier molecular flexibility index (Phi) is 5.72. The van der Waals surface area contributed by atoms with Crippen LogP contribution in [-0.2, 0) is 0 Å². The summed E-state index contributed by atoms with van der Waals surface area (Å²) in [5.74, 6) is -0.344. The maximum Gasteiger partial charge on any atom is 0.387 e. The molecule has 0 saturated heterocycles. The van der Waals surface area contributed by atoms with Gasteiger partial charge in [0, 0.05) is 16.4 Å². The molecule has 0 fully saturated rings. The van der Waals surface area contributed by atoms with E-state index in [0.29, 0.717) is 10.9 Å². The SMILES string of the molecule is CCC(C)(CBr)NC(=O)c1cccc(OC(F)F)c1. The van der Waals surface area contributed by atoms with E-state index in [9.17, 15) is 13.6 Å². The Bertz CT molecular complexity index is 436. The van der Waals surface area contributed by atoms with Crippen LogP contribution in [0.2, 0.25) is 0 Å². The van der Waals surface area contributed by atoms with Crippen LogP contribution in [0.25, 0.3) is 0 Å². The number of carbonyl (C=O) groups excluding carboxylic acids is 1. The number of benzene rings is 1. The van der Waals surface area contributed by atoms with E-state index >= 15 is 0 Å². The van der Waals surface area contributed by atoms with Crippen molar-refractivity contribution >= 4 is 21.8 Å². The Morgan fingerprint density at radius 3 is 2.74 bits per heavy atom. The quantitative estimate of drug-likeness (QED) is 0.807. The molecule has 6 heteroatoms. The Morgan fingerprint density at radius 2 is 2.21 bits per heavy atom. The molecule has 3 nitrogen and oxygen atoms in total. The first kappa shape index (κ1) is 15.9. The summed E-state index contributed by atoms with van der Waals surface area (Å²) in [6, 6.07) is 5.74. The molecule has 1 amide bonds. The van der Waals surface area contributed by atoms with E-state index in [2.05, 4.69) is 26.0 Å². The number of alkyl halides is 3. The molecule has 0 radical (unpaired) electrons. The van der Waals surface area contributed by atoms with E-state index in [1.54, 1.807) is 6.07 Å². The van der Waals surface area contributed by atoms with Gasteiger partial charge in [-0.25, -0.2) is 0 Å². The average molecular weight is 336 g/mol. The minimum atomic E-state index is -2.90. The third-order valence-electron chi connectivity index (χ3n) is 2.81. The van der Waals surface area contributed by atoms with Gasteiger partial charge in [0.15, 0.2) is 0 Å². The normalized spacial score (nSPS) is 14.0. The van der Waals surface area contributed by atoms with Gasteiger partial charge < -0.3 is 10.1 Å². The zero-order chi connectivity index (χ0) is 14.5. The molecule has 1 aromatic rings. The molecule has 106 valence electrons. The minimum absolute atomic E-state index is 0.0281. The topological polar surface area (TPSA) is 38.3 Å². The molecule has 0 aliphatic rings. The number of halogens is 3. The molecule has 0 aliphatic carbocycles. The lowest BCUT2D eigenvalue weighted by Crippen LogP contribution is -2.46. The third kappa shape index (κ3) is 4.78. The van der Waals surface area contributed by atoms with Crippen LogP contribution in [0.1, 0.15) is 30.6 Å². The highest BCUT2D eigenvalue weighted by molar-refractivity contribution is 9.09. The highest BCUT2D eigenvalue weighted by atomic mass is 79.9. The predicted octanol–water partition coefficient (Wildman–Crippen LogP) is 3.58. The van der Waals surface area contributed by atoms with Gasteiger partial charge in [-0.3, -0.25) is 4.79 Å². The first-order chi connectivity index (χ1) is 8.90. The second-order valence-corrected chi connectivity index (χ2v) is 4.97. The Labute approximate surface area is 119 Å². The fourth-order valence-corrected chi connectivity index (χ4v) is 1.91. The summed E-state index contributed by atoms with van der Waals surface area (Å²) in [7, 11) is 0. The maximum atomic E-state index is 12.1. The lowest BCUT2D eigenvalue weighted by atomic mass is 10.0. The Hall–Kier alpha value is -1.17. The van der Waals surface area contributed by atoms with Crippen molar-refractivity contribution in [3.05, 3.63) is 29.8 Å². The van der Waals surface area contributed by atoms with Crippen molar-refractivity contribution in [1.82, 2.24) is 5.32 Å². The van der Waals surface area contributed by atoms with Gasteiger partial charge in [0.25, 0.3) is 5.91 Å². The zero-order valence-corrected chi connectivity index (χ0v) is 12.3. The van der Waals surface area contributed by atoms with Crippen LogP contribution >= 0.6 is 15.9 Å². The van der Waals surface area contributed by atoms with E-state index in [0.717, 1.165) is 6.42 Å². The smallest absolute Gasteiger partial charge is 0.387 e. The summed E-state index contributed by atoms with van der Waals surface area (Å²) < 4.78 is 28.5. The fourth-order valence-electron chi connectivity index (χ4n) is 1.38. The minimum Gasteiger partial charge on any atom is -0.435 e. The highest BCUT2D eigenvalue weighted by Crippen LogP contribution is 2.18. The van der Waals surface area contributed by atoms with Crippen molar-refractivity contribution in [2.75, 3.05) is 5.33 Å². The van der Waals surface area contributed by atoms with Gasteiger partial charge in [-0.2, -0.15) is 8.78 Å². The van der Waals surface area contributed by atoms with Crippen LogP contribution in [0.5, 0.6) is 5.75 Å². The van der Waals surface area contributed by atoms with Gasteiger partial charge in [0.1, 0.15) is 5.75 Å². The summed E-state index contributed by atoms with van der Waals surface area (Å²) >= 11 is 3.34. The van der Waals surface area contributed by atoms with Crippen LogP contribution in [-0.4, -0.2) is 23.4 Å². The zero-order valence-electron chi connectivity index (χ0n) is 10.8. The molecule has 1 unspecified atom stereocenters. The van der Waals surface area contributed by atoms with Crippen molar-refractivity contribution in [1.29, 1.82) is 0 Å². The summed E-state index contributed by atoms with van der Waals surface area (Å²) in [6.07, 6.45) is 0.747. The number of rotatable bonds is 6. The van der Waals surface area contributed by atoms with Crippen LogP contribution in [0, 0.1) is 0 Å². The summed E-state index contributed by atoms with van der Waals surface area (Å²) in [4.78, 5) is 12.0. The third-order valence-corrected chi connectivity index (χ3v) is 4.05. The number of hydrogen-bond donors (Lipinski definition) is 1.